The van der Waals surface area contributed by atoms with E-state index in [1.165, 1.54) is 18.9 Å². The molecular formula is C21H19NO4S2. The zero-order valence-corrected chi connectivity index (χ0v) is 17.1. The van der Waals surface area contributed by atoms with Gasteiger partial charge in [-0.1, -0.05) is 48.2 Å². The highest BCUT2D eigenvalue weighted by atomic mass is 32.2. The highest BCUT2D eigenvalue weighted by Gasteiger charge is 2.31. The summed E-state index contributed by atoms with van der Waals surface area (Å²) in [4.78, 5) is 26.4. The summed E-state index contributed by atoms with van der Waals surface area (Å²) < 4.78 is 10.4. The number of hydrogen-bond acceptors (Lipinski definition) is 6. The van der Waals surface area contributed by atoms with Gasteiger partial charge < -0.3 is 9.47 Å². The highest BCUT2D eigenvalue weighted by Crippen LogP contribution is 2.32. The van der Waals surface area contributed by atoms with Crippen LogP contribution in [0.4, 0.5) is 0 Å². The fourth-order valence-electron chi connectivity index (χ4n) is 2.71. The molecule has 3 rings (SSSR count). The van der Waals surface area contributed by atoms with Gasteiger partial charge in [0.2, 0.25) is 0 Å². The molecule has 0 spiro atoms. The molecule has 1 aliphatic rings. The number of carbonyl (C=O) groups is 2. The van der Waals surface area contributed by atoms with Crippen LogP contribution in [0.5, 0.6) is 5.75 Å². The van der Waals surface area contributed by atoms with E-state index in [-0.39, 0.29) is 5.91 Å². The number of esters is 1. The molecule has 1 heterocycles. The van der Waals surface area contributed by atoms with Crippen LogP contribution in [0.2, 0.25) is 0 Å². The van der Waals surface area contributed by atoms with Gasteiger partial charge in [0.25, 0.3) is 5.91 Å². The van der Waals surface area contributed by atoms with Crippen LogP contribution in [0.3, 0.4) is 0 Å². The van der Waals surface area contributed by atoms with Gasteiger partial charge in [0.1, 0.15) is 10.1 Å². The summed E-state index contributed by atoms with van der Waals surface area (Å²) in [6.07, 6.45) is 2.49. The molecule has 0 N–H and O–H groups in total. The Hall–Kier alpha value is -2.64. The van der Waals surface area contributed by atoms with Crippen LogP contribution >= 0.6 is 24.0 Å². The molecule has 0 saturated carbocycles. The van der Waals surface area contributed by atoms with E-state index in [0.717, 1.165) is 16.9 Å². The predicted molar refractivity (Wildman–Crippen MR) is 114 cm³/mol. The molecule has 1 fully saturated rings. The van der Waals surface area contributed by atoms with Gasteiger partial charge in [-0.15, -0.1) is 0 Å². The van der Waals surface area contributed by atoms with E-state index in [2.05, 4.69) is 4.74 Å². The third kappa shape index (κ3) is 4.61. The molecule has 1 aliphatic heterocycles. The summed E-state index contributed by atoms with van der Waals surface area (Å²) in [5.74, 6) is 0.312. The number of rotatable bonds is 6. The molecule has 0 aromatic heterocycles. The average Bonchev–Trinajstić information content (AvgIpc) is 2.99. The first kappa shape index (κ1) is 20.1. The summed E-state index contributed by atoms with van der Waals surface area (Å²) in [5, 5.41) is 0. The highest BCUT2D eigenvalue weighted by molar-refractivity contribution is 8.26. The van der Waals surface area contributed by atoms with E-state index in [4.69, 9.17) is 17.0 Å². The van der Waals surface area contributed by atoms with Crippen LogP contribution in [0, 0.1) is 0 Å². The van der Waals surface area contributed by atoms with Crippen molar-refractivity contribution in [3.8, 4) is 5.75 Å². The molecule has 0 bridgehead atoms. The van der Waals surface area contributed by atoms with Gasteiger partial charge in [-0.2, -0.15) is 0 Å². The first-order valence-corrected chi connectivity index (χ1v) is 9.81. The molecular weight excluding hydrogens is 394 g/mol. The number of amides is 1. The maximum atomic E-state index is 12.7. The molecule has 28 heavy (non-hydrogen) atoms. The predicted octanol–water partition coefficient (Wildman–Crippen LogP) is 3.93. The number of benzene rings is 2. The second kappa shape index (κ2) is 9.03. The van der Waals surface area contributed by atoms with Gasteiger partial charge in [0, 0.05) is 6.54 Å². The van der Waals surface area contributed by atoms with Crippen LogP contribution in [-0.2, 0) is 16.0 Å². The Labute approximate surface area is 173 Å². The van der Waals surface area contributed by atoms with Crippen LogP contribution in [-0.4, -0.2) is 41.9 Å². The van der Waals surface area contributed by atoms with E-state index in [1.54, 1.807) is 42.4 Å². The average molecular weight is 414 g/mol. The van der Waals surface area contributed by atoms with Crippen LogP contribution in [0.25, 0.3) is 6.08 Å². The van der Waals surface area contributed by atoms with E-state index >= 15 is 0 Å². The van der Waals surface area contributed by atoms with Gasteiger partial charge >= 0.3 is 5.97 Å². The van der Waals surface area contributed by atoms with Crippen LogP contribution in [0.1, 0.15) is 21.5 Å². The van der Waals surface area contributed by atoms with Gasteiger partial charge in [0.15, 0.2) is 0 Å². The second-order valence-electron chi connectivity index (χ2n) is 6.05. The molecule has 144 valence electrons. The fourth-order valence-corrected chi connectivity index (χ4v) is 4.02. The summed E-state index contributed by atoms with van der Waals surface area (Å²) in [5.41, 5.74) is 2.40. The third-order valence-electron chi connectivity index (χ3n) is 4.29. The van der Waals surface area contributed by atoms with Gasteiger partial charge in [-0.25, -0.2) is 4.79 Å². The minimum absolute atomic E-state index is 0.0967. The zero-order chi connectivity index (χ0) is 20.1. The van der Waals surface area contributed by atoms with Crippen molar-refractivity contribution in [2.75, 3.05) is 20.8 Å². The first-order valence-electron chi connectivity index (χ1n) is 8.58. The van der Waals surface area contributed by atoms with Crippen molar-refractivity contribution in [1.29, 1.82) is 0 Å². The van der Waals surface area contributed by atoms with Crippen LogP contribution < -0.4 is 4.74 Å². The SMILES string of the molecule is COC(=O)c1ccc(/C=C2\SC(=S)N(CCc3ccc(OC)cc3)C2=O)cc1. The lowest BCUT2D eigenvalue weighted by Gasteiger charge is -2.14. The Bertz CT molecular complexity index is 920. The van der Waals surface area contributed by atoms with E-state index in [0.29, 0.717) is 27.8 Å². The van der Waals surface area contributed by atoms with Gasteiger partial charge in [0.05, 0.1) is 24.7 Å². The minimum atomic E-state index is -0.392. The number of thioether (sulfide) groups is 1. The quantitative estimate of drug-likeness (QED) is 0.406. The molecule has 7 heteroatoms. The van der Waals surface area contributed by atoms with E-state index in [9.17, 15) is 9.59 Å². The van der Waals surface area contributed by atoms with Crippen molar-refractivity contribution in [3.05, 3.63) is 70.1 Å². The molecule has 5 nitrogen and oxygen atoms in total. The lowest BCUT2D eigenvalue weighted by Crippen LogP contribution is -2.30. The first-order chi connectivity index (χ1) is 13.5. The van der Waals surface area contributed by atoms with Crippen molar-refractivity contribution in [3.63, 3.8) is 0 Å². The largest absolute Gasteiger partial charge is 0.497 e. The van der Waals surface area contributed by atoms with Crippen molar-refractivity contribution in [2.24, 2.45) is 0 Å². The Kier molecular flexibility index (Phi) is 6.49. The fraction of sp³-hybridized carbons (Fsp3) is 0.190. The molecule has 0 unspecified atom stereocenters. The Morgan fingerprint density at radius 1 is 1.11 bits per heavy atom. The summed E-state index contributed by atoms with van der Waals surface area (Å²) >= 11 is 6.67. The summed E-state index contributed by atoms with van der Waals surface area (Å²) in [7, 11) is 2.97. The number of methoxy groups -OCH3 is 2. The van der Waals surface area contributed by atoms with Crippen molar-refractivity contribution >= 4 is 46.3 Å². The third-order valence-corrected chi connectivity index (χ3v) is 5.66. The maximum Gasteiger partial charge on any atom is 0.337 e. The number of carbonyl (C=O) groups excluding carboxylic acids is 2. The summed E-state index contributed by atoms with van der Waals surface area (Å²) in [6.45, 7) is 0.523. The molecule has 0 aliphatic carbocycles. The number of thiocarbonyl (C=S) groups is 1. The van der Waals surface area contributed by atoms with Gasteiger partial charge in [-0.05, 0) is 47.9 Å². The summed E-state index contributed by atoms with van der Waals surface area (Å²) in [6, 6.07) is 14.6. The number of nitrogens with zero attached hydrogens (tertiary/aromatic N) is 1. The molecule has 0 radical (unpaired) electrons. The lowest BCUT2D eigenvalue weighted by atomic mass is 10.1. The minimum Gasteiger partial charge on any atom is -0.497 e. The Morgan fingerprint density at radius 2 is 1.79 bits per heavy atom. The Balaban J connectivity index is 1.66. The zero-order valence-electron chi connectivity index (χ0n) is 15.5. The topological polar surface area (TPSA) is 55.8 Å². The molecule has 1 amide bonds. The Morgan fingerprint density at radius 3 is 2.39 bits per heavy atom. The normalized spacial score (nSPS) is 15.2. The van der Waals surface area contributed by atoms with E-state index in [1.807, 2.05) is 24.3 Å². The van der Waals surface area contributed by atoms with Crippen molar-refractivity contribution in [1.82, 2.24) is 4.90 Å². The molecule has 0 atom stereocenters. The second-order valence-corrected chi connectivity index (χ2v) is 7.72. The standard InChI is InChI=1S/C21H19NO4S2/c1-25-17-9-5-14(6-10-17)11-12-22-19(23)18(28-21(22)27)13-15-3-7-16(8-4-15)20(24)26-2/h3-10,13H,11-12H2,1-2H3/b18-13-. The van der Waals surface area contributed by atoms with Crippen LogP contribution in [0.15, 0.2) is 53.4 Å². The molecule has 2 aromatic carbocycles. The molecule has 2 aromatic rings. The maximum absolute atomic E-state index is 12.7. The van der Waals surface area contributed by atoms with Crippen molar-refractivity contribution < 1.29 is 19.1 Å². The van der Waals surface area contributed by atoms with Gasteiger partial charge in [-0.3, -0.25) is 9.69 Å². The monoisotopic (exact) mass is 413 g/mol. The molecule has 1 saturated heterocycles. The van der Waals surface area contributed by atoms with E-state index < -0.39 is 5.97 Å². The lowest BCUT2D eigenvalue weighted by molar-refractivity contribution is -0.122. The number of hydrogen-bond donors (Lipinski definition) is 0. The van der Waals surface area contributed by atoms with Crippen molar-refractivity contribution in [2.45, 2.75) is 6.42 Å². The smallest absolute Gasteiger partial charge is 0.337 e. The number of ether oxygens (including phenoxy) is 2.